The molecule has 0 saturated heterocycles. The first-order chi connectivity index (χ1) is 12.3. The second kappa shape index (κ2) is 5.72. The van der Waals surface area contributed by atoms with Gasteiger partial charge in [0, 0.05) is 23.3 Å². The first-order valence-corrected chi connectivity index (χ1v) is 7.98. The van der Waals surface area contributed by atoms with Crippen molar-refractivity contribution in [3.8, 4) is 11.3 Å². The van der Waals surface area contributed by atoms with Crippen molar-refractivity contribution in [3.63, 3.8) is 0 Å². The molecule has 2 aromatic heterocycles. The Labute approximate surface area is 151 Å². The Hall–Kier alpha value is -2.58. The van der Waals surface area contributed by atoms with Gasteiger partial charge in [-0.15, -0.1) is 0 Å². The van der Waals surface area contributed by atoms with Gasteiger partial charge >= 0.3 is 6.18 Å². The number of halogens is 4. The average molecular weight is 381 g/mol. The quantitative estimate of drug-likeness (QED) is 0.684. The van der Waals surface area contributed by atoms with Crippen LogP contribution in [0.5, 0.6) is 0 Å². The van der Waals surface area contributed by atoms with Gasteiger partial charge in [0.25, 0.3) is 0 Å². The number of pyridine rings is 1. The Bertz CT molecular complexity index is 985. The number of aliphatic hydroxyl groups is 1. The van der Waals surface area contributed by atoms with Crippen molar-refractivity contribution >= 4 is 23.1 Å². The van der Waals surface area contributed by atoms with Gasteiger partial charge in [0.15, 0.2) is 6.23 Å². The SMILES string of the molecule is Cn1cnc2c1-c1ccc(C(F)(F)F)nc1N(c1ccc(Cl)cc1)C2O. The smallest absolute Gasteiger partial charge is 0.368 e. The van der Waals surface area contributed by atoms with E-state index < -0.39 is 18.1 Å². The van der Waals surface area contributed by atoms with Gasteiger partial charge in [-0.2, -0.15) is 13.2 Å². The number of aliphatic hydroxyl groups excluding tert-OH is 1. The van der Waals surface area contributed by atoms with Crippen molar-refractivity contribution in [1.29, 1.82) is 0 Å². The maximum Gasteiger partial charge on any atom is 0.433 e. The zero-order valence-corrected chi connectivity index (χ0v) is 14.1. The van der Waals surface area contributed by atoms with Crippen LogP contribution in [0, 0.1) is 0 Å². The van der Waals surface area contributed by atoms with Crippen molar-refractivity contribution < 1.29 is 18.3 Å². The molecule has 3 aromatic rings. The molecule has 134 valence electrons. The number of hydrogen-bond donors (Lipinski definition) is 1. The summed E-state index contributed by atoms with van der Waals surface area (Å²) in [7, 11) is 1.71. The van der Waals surface area contributed by atoms with E-state index in [2.05, 4.69) is 9.97 Å². The zero-order valence-electron chi connectivity index (χ0n) is 13.4. The van der Waals surface area contributed by atoms with Crippen LogP contribution in [0.4, 0.5) is 24.7 Å². The van der Waals surface area contributed by atoms with Gasteiger partial charge in [-0.3, -0.25) is 4.90 Å². The standard InChI is InChI=1S/C17H12ClF3N4O/c1-24-8-22-13-14(24)11-6-7-12(17(19,20)21)23-15(11)25(16(13)26)10-4-2-9(18)3-5-10/h2-8,16,26H,1H3. The molecule has 26 heavy (non-hydrogen) atoms. The zero-order chi connectivity index (χ0) is 18.6. The van der Waals surface area contributed by atoms with Crippen LogP contribution >= 0.6 is 11.6 Å². The summed E-state index contributed by atoms with van der Waals surface area (Å²) in [6, 6.07) is 8.65. The summed E-state index contributed by atoms with van der Waals surface area (Å²) in [6.45, 7) is 0. The Morgan fingerprint density at radius 1 is 1.12 bits per heavy atom. The van der Waals surface area contributed by atoms with Gasteiger partial charge < -0.3 is 9.67 Å². The summed E-state index contributed by atoms with van der Waals surface area (Å²) >= 11 is 5.90. The van der Waals surface area contributed by atoms with Crippen LogP contribution in [0.2, 0.25) is 5.02 Å². The van der Waals surface area contributed by atoms with Gasteiger partial charge in [-0.1, -0.05) is 11.6 Å². The number of alkyl halides is 3. The molecule has 0 saturated carbocycles. The number of benzene rings is 1. The minimum Gasteiger partial charge on any atom is -0.368 e. The third-order valence-corrected chi connectivity index (χ3v) is 4.46. The van der Waals surface area contributed by atoms with E-state index in [0.717, 1.165) is 6.07 Å². The molecule has 0 aliphatic carbocycles. The topological polar surface area (TPSA) is 54.2 Å². The predicted octanol–water partition coefficient (Wildman–Crippen LogP) is 4.30. The normalized spacial score (nSPS) is 16.4. The van der Waals surface area contributed by atoms with Crippen LogP contribution in [0.15, 0.2) is 42.7 Å². The molecule has 0 radical (unpaired) electrons. The Morgan fingerprint density at radius 2 is 1.81 bits per heavy atom. The molecule has 1 unspecified atom stereocenters. The maximum atomic E-state index is 13.2. The Kier molecular flexibility index (Phi) is 3.71. The molecule has 1 N–H and O–H groups in total. The Morgan fingerprint density at radius 3 is 2.46 bits per heavy atom. The fourth-order valence-corrected chi connectivity index (χ4v) is 3.17. The summed E-state index contributed by atoms with van der Waals surface area (Å²) in [5, 5.41) is 11.3. The molecule has 1 atom stereocenters. The molecular formula is C17H12ClF3N4O. The lowest BCUT2D eigenvalue weighted by atomic mass is 10.0. The summed E-state index contributed by atoms with van der Waals surface area (Å²) in [5.41, 5.74) is 0.739. The van der Waals surface area contributed by atoms with Crippen molar-refractivity contribution in [2.45, 2.75) is 12.4 Å². The average Bonchev–Trinajstić information content (AvgIpc) is 2.98. The molecule has 4 rings (SSSR count). The second-order valence-corrected chi connectivity index (χ2v) is 6.31. The van der Waals surface area contributed by atoms with Crippen LogP contribution in [-0.2, 0) is 13.2 Å². The summed E-state index contributed by atoms with van der Waals surface area (Å²) in [4.78, 5) is 9.31. The number of aromatic nitrogens is 3. The lowest BCUT2D eigenvalue weighted by Crippen LogP contribution is -2.30. The number of hydrogen-bond acceptors (Lipinski definition) is 4. The van der Waals surface area contributed by atoms with E-state index >= 15 is 0 Å². The first-order valence-electron chi connectivity index (χ1n) is 7.60. The highest BCUT2D eigenvalue weighted by Gasteiger charge is 2.39. The van der Waals surface area contributed by atoms with Gasteiger partial charge in [0.1, 0.15) is 17.2 Å². The Balaban J connectivity index is 1.98. The van der Waals surface area contributed by atoms with Crippen LogP contribution in [0.1, 0.15) is 17.6 Å². The fourth-order valence-electron chi connectivity index (χ4n) is 3.04. The highest BCUT2D eigenvalue weighted by molar-refractivity contribution is 6.30. The molecule has 5 nitrogen and oxygen atoms in total. The number of aryl methyl sites for hydroxylation is 1. The molecule has 1 aromatic carbocycles. The summed E-state index contributed by atoms with van der Waals surface area (Å²) < 4.78 is 41.2. The van der Waals surface area contributed by atoms with Gasteiger partial charge in [-0.05, 0) is 36.4 Å². The number of imidazole rings is 1. The third-order valence-electron chi connectivity index (χ3n) is 4.21. The van der Waals surface area contributed by atoms with E-state index in [1.807, 2.05) is 0 Å². The second-order valence-electron chi connectivity index (χ2n) is 5.87. The van der Waals surface area contributed by atoms with E-state index in [0.29, 0.717) is 27.7 Å². The lowest BCUT2D eigenvalue weighted by Gasteiger charge is -2.34. The van der Waals surface area contributed by atoms with E-state index in [-0.39, 0.29) is 5.82 Å². The van der Waals surface area contributed by atoms with Gasteiger partial charge in [0.05, 0.1) is 12.0 Å². The van der Waals surface area contributed by atoms with E-state index in [4.69, 9.17) is 11.6 Å². The molecule has 3 heterocycles. The summed E-state index contributed by atoms with van der Waals surface area (Å²) in [6.07, 6.45) is -4.38. The molecule has 0 amide bonds. The number of fused-ring (bicyclic) bond motifs is 3. The van der Waals surface area contributed by atoms with Crippen molar-refractivity contribution in [3.05, 3.63) is 59.1 Å². The van der Waals surface area contributed by atoms with Gasteiger partial charge in [-0.25, -0.2) is 9.97 Å². The van der Waals surface area contributed by atoms with Crippen LogP contribution in [0.25, 0.3) is 11.3 Å². The molecule has 1 aliphatic rings. The maximum absolute atomic E-state index is 13.2. The third kappa shape index (κ3) is 2.53. The molecule has 0 fully saturated rings. The number of nitrogens with zero attached hydrogens (tertiary/aromatic N) is 4. The molecule has 9 heteroatoms. The molecule has 1 aliphatic heterocycles. The predicted molar refractivity (Wildman–Crippen MR) is 90.0 cm³/mol. The molecular weight excluding hydrogens is 369 g/mol. The van der Waals surface area contributed by atoms with Crippen molar-refractivity contribution in [2.75, 3.05) is 4.90 Å². The summed E-state index contributed by atoms with van der Waals surface area (Å²) in [5.74, 6) is 0.00532. The number of anilines is 2. The highest BCUT2D eigenvalue weighted by Crippen LogP contribution is 2.46. The number of rotatable bonds is 1. The molecule has 0 spiro atoms. The lowest BCUT2D eigenvalue weighted by molar-refractivity contribution is -0.141. The minimum absolute atomic E-state index is 0.00532. The van der Waals surface area contributed by atoms with Gasteiger partial charge in [0.2, 0.25) is 0 Å². The van der Waals surface area contributed by atoms with Crippen molar-refractivity contribution in [1.82, 2.24) is 14.5 Å². The largest absolute Gasteiger partial charge is 0.433 e. The van der Waals surface area contributed by atoms with Crippen LogP contribution in [-0.4, -0.2) is 19.6 Å². The highest BCUT2D eigenvalue weighted by atomic mass is 35.5. The van der Waals surface area contributed by atoms with Crippen molar-refractivity contribution in [2.24, 2.45) is 7.05 Å². The minimum atomic E-state index is -4.60. The van der Waals surface area contributed by atoms with E-state index in [9.17, 15) is 18.3 Å². The molecule has 0 bridgehead atoms. The van der Waals surface area contributed by atoms with Crippen LogP contribution in [0.3, 0.4) is 0 Å². The van der Waals surface area contributed by atoms with E-state index in [1.54, 1.807) is 35.9 Å². The first kappa shape index (κ1) is 16.9. The van der Waals surface area contributed by atoms with Crippen LogP contribution < -0.4 is 4.90 Å². The fraction of sp³-hybridized carbons (Fsp3) is 0.176. The monoisotopic (exact) mass is 380 g/mol. The van der Waals surface area contributed by atoms with E-state index in [1.165, 1.54) is 17.3 Å².